The smallest absolute Gasteiger partial charge is 0.256 e. The van der Waals surface area contributed by atoms with E-state index in [-0.39, 0.29) is 28.6 Å². The van der Waals surface area contributed by atoms with Crippen LogP contribution in [0, 0.1) is 0 Å². The first-order chi connectivity index (χ1) is 16.3. The quantitative estimate of drug-likeness (QED) is 0.500. The van der Waals surface area contributed by atoms with Gasteiger partial charge < -0.3 is 15.4 Å². The summed E-state index contributed by atoms with van der Waals surface area (Å²) in [6.07, 6.45) is 0.585. The Morgan fingerprint density at radius 2 is 1.62 bits per heavy atom. The number of ether oxygens (including phenoxy) is 1. The maximum Gasteiger partial charge on any atom is 0.256 e. The lowest BCUT2D eigenvalue weighted by Gasteiger charge is -2.13. The Kier molecular flexibility index (Phi) is 7.23. The average Bonchev–Trinajstić information content (AvgIpc) is 3.18. The van der Waals surface area contributed by atoms with Crippen molar-refractivity contribution < 1.29 is 22.7 Å². The van der Waals surface area contributed by atoms with Gasteiger partial charge in [0.05, 0.1) is 29.9 Å². The molecule has 1 fully saturated rings. The van der Waals surface area contributed by atoms with Crippen LogP contribution in [-0.4, -0.2) is 44.1 Å². The second kappa shape index (κ2) is 10.3. The molecule has 3 aromatic carbocycles. The van der Waals surface area contributed by atoms with Gasteiger partial charge in [-0.15, -0.1) is 11.8 Å². The molecule has 7 nitrogen and oxygen atoms in total. The zero-order chi connectivity index (χ0) is 24.1. The van der Waals surface area contributed by atoms with Crippen molar-refractivity contribution in [1.82, 2.24) is 0 Å². The second-order valence-electron chi connectivity index (χ2n) is 7.82. The number of anilines is 2. The van der Waals surface area contributed by atoms with Gasteiger partial charge in [0, 0.05) is 21.4 Å². The Labute approximate surface area is 202 Å². The molecule has 0 aliphatic carbocycles. The number of hydrogen-bond acceptors (Lipinski definition) is 6. The van der Waals surface area contributed by atoms with Gasteiger partial charge in [0.15, 0.2) is 9.84 Å². The molecule has 0 unspecified atom stereocenters. The number of carbonyl (C=O) groups is 2. The molecule has 1 atom stereocenters. The Hall–Kier alpha value is -3.30. The van der Waals surface area contributed by atoms with E-state index in [9.17, 15) is 18.0 Å². The lowest BCUT2D eigenvalue weighted by atomic mass is 10.1. The summed E-state index contributed by atoms with van der Waals surface area (Å²) in [4.78, 5) is 26.3. The SMILES string of the molecule is COc1ccccc1NC(=O)c1ccc(NC(=O)c2ccccc2S[C@H]2CCS(=O)(=O)C2)cc1. The number of para-hydroxylation sites is 2. The Balaban J connectivity index is 1.42. The lowest BCUT2D eigenvalue weighted by Crippen LogP contribution is -2.15. The Morgan fingerprint density at radius 3 is 2.32 bits per heavy atom. The van der Waals surface area contributed by atoms with E-state index in [4.69, 9.17) is 4.74 Å². The highest BCUT2D eigenvalue weighted by Gasteiger charge is 2.29. The monoisotopic (exact) mass is 496 g/mol. The van der Waals surface area contributed by atoms with Crippen molar-refractivity contribution in [3.63, 3.8) is 0 Å². The second-order valence-corrected chi connectivity index (χ2v) is 11.4. The van der Waals surface area contributed by atoms with Crippen molar-refractivity contribution in [1.29, 1.82) is 0 Å². The number of rotatable bonds is 7. The molecule has 0 bridgehead atoms. The molecule has 0 aromatic heterocycles. The predicted octanol–water partition coefficient (Wildman–Crippen LogP) is 4.48. The van der Waals surface area contributed by atoms with Gasteiger partial charge in [-0.1, -0.05) is 24.3 Å². The van der Waals surface area contributed by atoms with E-state index in [2.05, 4.69) is 10.6 Å². The topological polar surface area (TPSA) is 102 Å². The fourth-order valence-electron chi connectivity index (χ4n) is 3.64. The third-order valence-corrected chi connectivity index (χ3v) is 8.70. The summed E-state index contributed by atoms with van der Waals surface area (Å²) in [5, 5.41) is 5.61. The van der Waals surface area contributed by atoms with E-state index < -0.39 is 9.84 Å². The molecule has 34 heavy (non-hydrogen) atoms. The maximum absolute atomic E-state index is 12.9. The highest BCUT2D eigenvalue weighted by molar-refractivity contribution is 8.02. The molecule has 4 rings (SSSR count). The Bertz CT molecular complexity index is 1310. The molecular weight excluding hydrogens is 472 g/mol. The fraction of sp³-hybridized carbons (Fsp3) is 0.200. The van der Waals surface area contributed by atoms with Crippen molar-refractivity contribution in [2.45, 2.75) is 16.6 Å². The summed E-state index contributed by atoms with van der Waals surface area (Å²) >= 11 is 1.43. The number of methoxy groups -OCH3 is 1. The van der Waals surface area contributed by atoms with Gasteiger partial charge >= 0.3 is 0 Å². The van der Waals surface area contributed by atoms with Crippen LogP contribution in [0.25, 0.3) is 0 Å². The van der Waals surface area contributed by atoms with Crippen molar-refractivity contribution in [2.75, 3.05) is 29.2 Å². The van der Waals surface area contributed by atoms with E-state index in [1.165, 1.54) is 18.9 Å². The van der Waals surface area contributed by atoms with Crippen LogP contribution in [0.4, 0.5) is 11.4 Å². The molecule has 3 aromatic rings. The van der Waals surface area contributed by atoms with Gasteiger partial charge in [0.2, 0.25) is 0 Å². The molecule has 0 radical (unpaired) electrons. The van der Waals surface area contributed by atoms with Crippen molar-refractivity contribution in [2.24, 2.45) is 0 Å². The fourth-order valence-corrected chi connectivity index (χ4v) is 7.26. The van der Waals surface area contributed by atoms with E-state index in [1.54, 1.807) is 54.6 Å². The van der Waals surface area contributed by atoms with Gasteiger partial charge in [-0.3, -0.25) is 9.59 Å². The third-order valence-electron chi connectivity index (χ3n) is 5.38. The number of thioether (sulfide) groups is 1. The molecule has 2 N–H and O–H groups in total. The first-order valence-electron chi connectivity index (χ1n) is 10.7. The van der Waals surface area contributed by atoms with Gasteiger partial charge in [-0.2, -0.15) is 0 Å². The molecule has 1 aliphatic heterocycles. The summed E-state index contributed by atoms with van der Waals surface area (Å²) in [6.45, 7) is 0. The standard InChI is InChI=1S/C25H24N2O5S2/c1-32-22-8-4-3-7-21(22)27-24(28)17-10-12-18(13-11-17)26-25(29)20-6-2-5-9-23(20)33-19-14-15-34(30,31)16-19/h2-13,19H,14-16H2,1H3,(H,26,29)(H,27,28)/t19-/m0/s1. The van der Waals surface area contributed by atoms with Gasteiger partial charge in [-0.25, -0.2) is 8.42 Å². The minimum absolute atomic E-state index is 0.0556. The third kappa shape index (κ3) is 5.78. The van der Waals surface area contributed by atoms with Crippen LogP contribution >= 0.6 is 11.8 Å². The van der Waals surface area contributed by atoms with Gasteiger partial charge in [0.1, 0.15) is 5.75 Å². The van der Waals surface area contributed by atoms with Gasteiger partial charge in [-0.05, 0) is 55.0 Å². The molecular formula is C25H24N2O5S2. The highest BCUT2D eigenvalue weighted by Crippen LogP contribution is 2.33. The van der Waals surface area contributed by atoms with E-state index >= 15 is 0 Å². The van der Waals surface area contributed by atoms with Crippen LogP contribution in [0.15, 0.2) is 77.7 Å². The summed E-state index contributed by atoms with van der Waals surface area (Å²) in [7, 11) is -1.46. The summed E-state index contributed by atoms with van der Waals surface area (Å²) in [5.41, 5.74) is 2.02. The van der Waals surface area contributed by atoms with Crippen LogP contribution in [0.1, 0.15) is 27.1 Å². The summed E-state index contributed by atoms with van der Waals surface area (Å²) in [5.74, 6) is 0.291. The van der Waals surface area contributed by atoms with Crippen molar-refractivity contribution in [3.8, 4) is 5.75 Å². The van der Waals surface area contributed by atoms with Crippen LogP contribution in [0.5, 0.6) is 5.75 Å². The van der Waals surface area contributed by atoms with Crippen LogP contribution in [0.3, 0.4) is 0 Å². The largest absolute Gasteiger partial charge is 0.495 e. The summed E-state index contributed by atoms with van der Waals surface area (Å²) < 4.78 is 28.8. The molecule has 1 aliphatic rings. The predicted molar refractivity (Wildman–Crippen MR) is 135 cm³/mol. The minimum atomic E-state index is -2.99. The molecule has 1 saturated heterocycles. The molecule has 1 heterocycles. The molecule has 0 spiro atoms. The van der Waals surface area contributed by atoms with Crippen LogP contribution in [-0.2, 0) is 9.84 Å². The first kappa shape index (κ1) is 23.8. The van der Waals surface area contributed by atoms with E-state index in [0.717, 1.165) is 4.90 Å². The molecule has 9 heteroatoms. The number of hydrogen-bond donors (Lipinski definition) is 2. The minimum Gasteiger partial charge on any atom is -0.495 e. The maximum atomic E-state index is 12.9. The first-order valence-corrected chi connectivity index (χ1v) is 13.4. The van der Waals surface area contributed by atoms with Gasteiger partial charge in [0.25, 0.3) is 11.8 Å². The molecule has 176 valence electrons. The molecule has 0 saturated carbocycles. The highest BCUT2D eigenvalue weighted by atomic mass is 32.2. The van der Waals surface area contributed by atoms with Crippen molar-refractivity contribution >= 4 is 44.8 Å². The zero-order valence-corrected chi connectivity index (χ0v) is 20.1. The number of benzene rings is 3. The lowest BCUT2D eigenvalue weighted by molar-refractivity contribution is 0.101. The van der Waals surface area contributed by atoms with Crippen LogP contribution < -0.4 is 15.4 Å². The average molecular weight is 497 g/mol. The normalized spacial score (nSPS) is 16.6. The number of carbonyl (C=O) groups excluding carboxylic acids is 2. The number of sulfone groups is 1. The summed E-state index contributed by atoms with van der Waals surface area (Å²) in [6, 6.07) is 20.9. The van der Waals surface area contributed by atoms with Crippen LogP contribution in [0.2, 0.25) is 0 Å². The van der Waals surface area contributed by atoms with Crippen molar-refractivity contribution in [3.05, 3.63) is 83.9 Å². The number of amides is 2. The Morgan fingerprint density at radius 1 is 0.912 bits per heavy atom. The van der Waals surface area contributed by atoms with E-state index in [1.807, 2.05) is 18.2 Å². The van der Waals surface area contributed by atoms with E-state index in [0.29, 0.717) is 34.7 Å². The number of nitrogens with one attached hydrogen (secondary N) is 2. The molecule has 2 amide bonds. The zero-order valence-electron chi connectivity index (χ0n) is 18.5.